The molecule has 0 saturated carbocycles. The first-order chi connectivity index (χ1) is 10.5. The second-order valence-electron chi connectivity index (χ2n) is 10.1. The van der Waals surface area contributed by atoms with E-state index < -0.39 is 22.7 Å². The van der Waals surface area contributed by atoms with Gasteiger partial charge in [0, 0.05) is 12.5 Å². The van der Waals surface area contributed by atoms with Gasteiger partial charge < -0.3 is 14.0 Å². The summed E-state index contributed by atoms with van der Waals surface area (Å²) in [6.07, 6.45) is 0.804. The smallest absolute Gasteiger partial charge is 0.193 e. The van der Waals surface area contributed by atoms with Crippen molar-refractivity contribution in [1.82, 2.24) is 0 Å². The van der Waals surface area contributed by atoms with Crippen LogP contribution >= 0.6 is 0 Å². The lowest BCUT2D eigenvalue weighted by molar-refractivity contribution is 0.00332. The van der Waals surface area contributed by atoms with Crippen LogP contribution in [-0.4, -0.2) is 40.6 Å². The van der Waals surface area contributed by atoms with Gasteiger partial charge in [-0.1, -0.05) is 54.5 Å². The third-order valence-corrected chi connectivity index (χ3v) is 14.9. The number of aliphatic hydroxyl groups is 1. The quantitative estimate of drug-likeness (QED) is 0.445. The maximum absolute atomic E-state index is 10.8. The summed E-state index contributed by atoms with van der Waals surface area (Å²) in [6.45, 7) is 28.7. The van der Waals surface area contributed by atoms with Crippen LogP contribution in [-0.2, 0) is 8.85 Å². The molecule has 144 valence electrons. The van der Waals surface area contributed by atoms with Crippen LogP contribution in [0.5, 0.6) is 0 Å². The molecule has 1 N–H and O–H groups in total. The van der Waals surface area contributed by atoms with E-state index in [0.717, 1.165) is 0 Å². The zero-order valence-electron chi connectivity index (χ0n) is 18.0. The van der Waals surface area contributed by atoms with Crippen molar-refractivity contribution in [2.75, 3.05) is 6.61 Å². The Bertz CT molecular complexity index is 406. The van der Waals surface area contributed by atoms with Crippen molar-refractivity contribution in [1.29, 1.82) is 0 Å². The van der Waals surface area contributed by atoms with Crippen molar-refractivity contribution in [2.24, 2.45) is 5.92 Å². The van der Waals surface area contributed by atoms with Gasteiger partial charge in [-0.05, 0) is 36.3 Å². The highest BCUT2D eigenvalue weighted by Gasteiger charge is 2.41. The fraction of sp³-hybridized carbons (Fsp3) is 0.895. The molecular weight excluding hydrogens is 332 g/mol. The Hall–Kier alpha value is 0.0538. The Morgan fingerprint density at radius 3 is 1.71 bits per heavy atom. The van der Waals surface area contributed by atoms with Gasteiger partial charge in [0.05, 0.1) is 12.2 Å². The Morgan fingerprint density at radius 2 is 1.38 bits per heavy atom. The van der Waals surface area contributed by atoms with Crippen LogP contribution in [0.4, 0.5) is 0 Å². The molecule has 0 unspecified atom stereocenters. The van der Waals surface area contributed by atoms with Crippen molar-refractivity contribution < 1.29 is 14.0 Å². The van der Waals surface area contributed by atoms with Gasteiger partial charge in [-0.2, -0.15) is 0 Å². The summed E-state index contributed by atoms with van der Waals surface area (Å²) in [5.74, 6) is 0.00638. The van der Waals surface area contributed by atoms with Gasteiger partial charge in [0.25, 0.3) is 0 Å². The monoisotopic (exact) mass is 374 g/mol. The lowest BCUT2D eigenvalue weighted by Gasteiger charge is -2.41. The van der Waals surface area contributed by atoms with Crippen LogP contribution < -0.4 is 0 Å². The van der Waals surface area contributed by atoms with Crippen molar-refractivity contribution in [3.05, 3.63) is 12.7 Å². The maximum atomic E-state index is 10.8. The van der Waals surface area contributed by atoms with Crippen LogP contribution in [0, 0.1) is 5.92 Å². The van der Waals surface area contributed by atoms with E-state index in [1.807, 2.05) is 6.92 Å². The normalized spacial score (nSPS) is 18.2. The van der Waals surface area contributed by atoms with Gasteiger partial charge in [0.15, 0.2) is 16.6 Å². The van der Waals surface area contributed by atoms with Crippen molar-refractivity contribution in [3.63, 3.8) is 0 Å². The minimum atomic E-state index is -1.95. The lowest BCUT2D eigenvalue weighted by Crippen LogP contribution is -2.49. The average molecular weight is 375 g/mol. The second kappa shape index (κ2) is 8.17. The summed E-state index contributed by atoms with van der Waals surface area (Å²) in [4.78, 5) is 0. The fourth-order valence-corrected chi connectivity index (χ4v) is 4.14. The van der Waals surface area contributed by atoms with E-state index in [9.17, 15) is 5.11 Å². The molecule has 0 bridgehead atoms. The predicted molar refractivity (Wildman–Crippen MR) is 111 cm³/mol. The number of hydrogen-bond acceptors (Lipinski definition) is 3. The molecule has 0 spiro atoms. The van der Waals surface area contributed by atoms with Crippen molar-refractivity contribution in [2.45, 2.75) is 96.9 Å². The highest BCUT2D eigenvalue weighted by molar-refractivity contribution is 6.74. The Kier molecular flexibility index (Phi) is 8.18. The first-order valence-corrected chi connectivity index (χ1v) is 14.9. The van der Waals surface area contributed by atoms with Crippen LogP contribution in [0.25, 0.3) is 0 Å². The minimum absolute atomic E-state index is 0.00638. The van der Waals surface area contributed by atoms with Crippen molar-refractivity contribution >= 4 is 16.6 Å². The van der Waals surface area contributed by atoms with E-state index >= 15 is 0 Å². The SMILES string of the molecule is C=C[C@H](O[Si](C)(C)C(C)(C)C)[C@@H](O)[C@@H](C)CO[Si](C)(C)C(C)(C)C. The molecule has 0 aromatic carbocycles. The summed E-state index contributed by atoms with van der Waals surface area (Å²) in [5, 5.41) is 11.0. The molecule has 0 radical (unpaired) electrons. The van der Waals surface area contributed by atoms with E-state index in [4.69, 9.17) is 8.85 Å². The zero-order valence-corrected chi connectivity index (χ0v) is 20.0. The van der Waals surface area contributed by atoms with Gasteiger partial charge >= 0.3 is 0 Å². The molecule has 0 heterocycles. The Labute approximate surface area is 153 Å². The third kappa shape index (κ3) is 6.41. The molecule has 0 aliphatic heterocycles. The van der Waals surface area contributed by atoms with E-state index in [-0.39, 0.29) is 22.1 Å². The summed E-state index contributed by atoms with van der Waals surface area (Å²) >= 11 is 0. The summed E-state index contributed by atoms with van der Waals surface area (Å²) < 4.78 is 12.6. The first kappa shape index (κ1) is 24.1. The van der Waals surface area contributed by atoms with E-state index in [1.165, 1.54) is 0 Å². The largest absolute Gasteiger partial charge is 0.416 e. The van der Waals surface area contributed by atoms with Gasteiger partial charge in [0.1, 0.15) is 0 Å². The van der Waals surface area contributed by atoms with Crippen LogP contribution in [0.3, 0.4) is 0 Å². The molecule has 0 aliphatic rings. The van der Waals surface area contributed by atoms with Crippen LogP contribution in [0.2, 0.25) is 36.3 Å². The van der Waals surface area contributed by atoms with Crippen LogP contribution in [0.15, 0.2) is 12.7 Å². The molecule has 3 atom stereocenters. The Balaban J connectivity index is 4.92. The van der Waals surface area contributed by atoms with Gasteiger partial charge in [-0.15, -0.1) is 6.58 Å². The molecule has 0 amide bonds. The molecular formula is C19H42O3Si2. The molecule has 0 rings (SSSR count). The maximum Gasteiger partial charge on any atom is 0.193 e. The standard InChI is InChI=1S/C19H42O3Si2/c1-13-16(22-24(11,12)19(6,7)8)17(20)15(2)14-21-23(9,10)18(3,4)5/h13,15-17,20H,1,14H2,2-12H3/t15-,16-,17-/m0/s1. The van der Waals surface area contributed by atoms with E-state index in [2.05, 4.69) is 74.3 Å². The summed E-state index contributed by atoms with van der Waals surface area (Å²) in [6, 6.07) is 0. The van der Waals surface area contributed by atoms with Gasteiger partial charge in [0.2, 0.25) is 0 Å². The summed E-state index contributed by atoms with van der Waals surface area (Å²) in [7, 11) is -3.75. The number of aliphatic hydroxyl groups excluding tert-OH is 1. The highest BCUT2D eigenvalue weighted by Crippen LogP contribution is 2.39. The third-order valence-electron chi connectivity index (χ3n) is 5.90. The zero-order chi connectivity index (χ0) is 19.6. The number of rotatable bonds is 8. The Morgan fingerprint density at radius 1 is 0.958 bits per heavy atom. The van der Waals surface area contributed by atoms with Gasteiger partial charge in [-0.3, -0.25) is 0 Å². The molecule has 3 nitrogen and oxygen atoms in total. The first-order valence-electron chi connectivity index (χ1n) is 9.08. The molecule has 0 fully saturated rings. The van der Waals surface area contributed by atoms with Gasteiger partial charge in [-0.25, -0.2) is 0 Å². The molecule has 24 heavy (non-hydrogen) atoms. The van der Waals surface area contributed by atoms with E-state index in [1.54, 1.807) is 6.08 Å². The van der Waals surface area contributed by atoms with Crippen LogP contribution in [0.1, 0.15) is 48.5 Å². The molecule has 0 aromatic heterocycles. The highest BCUT2D eigenvalue weighted by atomic mass is 28.4. The molecule has 0 aromatic rings. The minimum Gasteiger partial charge on any atom is -0.416 e. The summed E-state index contributed by atoms with van der Waals surface area (Å²) in [5.41, 5.74) is 0. The second-order valence-corrected chi connectivity index (χ2v) is 19.7. The topological polar surface area (TPSA) is 38.7 Å². The molecule has 5 heteroatoms. The number of hydrogen-bond donors (Lipinski definition) is 1. The predicted octanol–water partition coefficient (Wildman–Crippen LogP) is 5.58. The molecule has 0 saturated heterocycles. The fourth-order valence-electron chi connectivity index (χ4n) is 1.75. The van der Waals surface area contributed by atoms with E-state index in [0.29, 0.717) is 6.61 Å². The molecule has 0 aliphatic carbocycles. The van der Waals surface area contributed by atoms with Crippen molar-refractivity contribution in [3.8, 4) is 0 Å². The average Bonchev–Trinajstić information content (AvgIpc) is 2.38. The lowest BCUT2D eigenvalue weighted by atomic mass is 10.0.